The zero-order chi connectivity index (χ0) is 15.8. The van der Waals surface area contributed by atoms with Crippen molar-refractivity contribution < 1.29 is 0 Å². The number of hydrogen-bond donors (Lipinski definition) is 1. The van der Waals surface area contributed by atoms with Crippen LogP contribution in [0, 0.1) is 17.4 Å². The molecule has 21 heavy (non-hydrogen) atoms. The molecule has 0 radical (unpaired) electrons. The van der Waals surface area contributed by atoms with E-state index in [9.17, 15) is 0 Å². The zero-order valence-corrected chi connectivity index (χ0v) is 16.4. The number of nitrogens with one attached hydrogen (secondary N) is 1. The highest BCUT2D eigenvalue weighted by molar-refractivity contribution is 14.1. The standard InChI is InChI=1S/C16H22IN3S/c1-7-18-15-12(17)13(16(4,5)6)19-14(20-15)11-8-9(2)21-10(11)3/h8H,7H2,1-6H3,(H,18,19,20). The van der Waals surface area contributed by atoms with Crippen LogP contribution in [0.25, 0.3) is 11.4 Å². The van der Waals surface area contributed by atoms with Gasteiger partial charge in [-0.25, -0.2) is 9.97 Å². The van der Waals surface area contributed by atoms with Gasteiger partial charge in [0.25, 0.3) is 0 Å². The molecule has 2 rings (SSSR count). The third kappa shape index (κ3) is 3.56. The second kappa shape index (κ2) is 6.20. The number of aryl methyl sites for hydroxylation is 2. The Morgan fingerprint density at radius 1 is 1.24 bits per heavy atom. The lowest BCUT2D eigenvalue weighted by atomic mass is 9.91. The summed E-state index contributed by atoms with van der Waals surface area (Å²) in [6.45, 7) is 13.8. The number of halogens is 1. The fraction of sp³-hybridized carbons (Fsp3) is 0.500. The van der Waals surface area contributed by atoms with Gasteiger partial charge in [0.05, 0.1) is 9.26 Å². The van der Waals surface area contributed by atoms with Crippen LogP contribution in [0.4, 0.5) is 5.82 Å². The summed E-state index contributed by atoms with van der Waals surface area (Å²) in [5.41, 5.74) is 2.25. The first kappa shape index (κ1) is 16.7. The van der Waals surface area contributed by atoms with E-state index in [1.165, 1.54) is 9.75 Å². The predicted octanol–water partition coefficient (Wildman–Crippen LogP) is 5.16. The number of thiophene rings is 1. The maximum atomic E-state index is 4.88. The maximum Gasteiger partial charge on any atom is 0.162 e. The molecule has 0 unspecified atom stereocenters. The molecule has 5 heteroatoms. The van der Waals surface area contributed by atoms with E-state index < -0.39 is 0 Å². The van der Waals surface area contributed by atoms with Crippen molar-refractivity contribution in [3.05, 3.63) is 25.1 Å². The molecule has 0 aliphatic carbocycles. The van der Waals surface area contributed by atoms with Crippen LogP contribution in [0.2, 0.25) is 0 Å². The first-order valence-electron chi connectivity index (χ1n) is 7.13. The van der Waals surface area contributed by atoms with Gasteiger partial charge in [-0.3, -0.25) is 0 Å². The van der Waals surface area contributed by atoms with Gasteiger partial charge in [-0.05, 0) is 49.4 Å². The molecule has 114 valence electrons. The predicted molar refractivity (Wildman–Crippen MR) is 100 cm³/mol. The Morgan fingerprint density at radius 3 is 2.38 bits per heavy atom. The number of hydrogen-bond acceptors (Lipinski definition) is 4. The molecule has 0 aliphatic rings. The first-order valence-corrected chi connectivity index (χ1v) is 9.02. The van der Waals surface area contributed by atoms with Gasteiger partial charge in [-0.1, -0.05) is 20.8 Å². The molecule has 2 heterocycles. The van der Waals surface area contributed by atoms with Gasteiger partial charge >= 0.3 is 0 Å². The Labute approximate surface area is 144 Å². The summed E-state index contributed by atoms with van der Waals surface area (Å²) in [7, 11) is 0. The third-order valence-electron chi connectivity index (χ3n) is 3.19. The maximum absolute atomic E-state index is 4.88. The molecule has 0 saturated carbocycles. The number of anilines is 1. The molecule has 0 saturated heterocycles. The second-order valence-electron chi connectivity index (χ2n) is 6.17. The van der Waals surface area contributed by atoms with Crippen LogP contribution in [0.5, 0.6) is 0 Å². The van der Waals surface area contributed by atoms with Crippen LogP contribution in [0.1, 0.15) is 43.1 Å². The van der Waals surface area contributed by atoms with Crippen LogP contribution in [0.15, 0.2) is 6.07 Å². The molecule has 0 spiro atoms. The smallest absolute Gasteiger partial charge is 0.162 e. The van der Waals surface area contributed by atoms with E-state index in [4.69, 9.17) is 9.97 Å². The van der Waals surface area contributed by atoms with E-state index in [1.807, 2.05) is 0 Å². The largest absolute Gasteiger partial charge is 0.369 e. The molecule has 0 atom stereocenters. The van der Waals surface area contributed by atoms with Crippen molar-refractivity contribution in [1.82, 2.24) is 9.97 Å². The fourth-order valence-electron chi connectivity index (χ4n) is 2.20. The van der Waals surface area contributed by atoms with E-state index in [1.54, 1.807) is 11.3 Å². The van der Waals surface area contributed by atoms with E-state index in [0.29, 0.717) is 0 Å². The SMILES string of the molecule is CCNc1nc(-c2cc(C)sc2C)nc(C(C)(C)C)c1I. The first-order chi connectivity index (χ1) is 9.74. The molecule has 0 aliphatic heterocycles. The molecule has 0 amide bonds. The molecule has 2 aromatic rings. The summed E-state index contributed by atoms with van der Waals surface area (Å²) in [4.78, 5) is 12.2. The summed E-state index contributed by atoms with van der Waals surface area (Å²) >= 11 is 4.15. The van der Waals surface area contributed by atoms with Crippen LogP contribution in [-0.4, -0.2) is 16.5 Å². The average molecular weight is 415 g/mol. The quantitative estimate of drug-likeness (QED) is 0.705. The van der Waals surface area contributed by atoms with Crippen LogP contribution in [0.3, 0.4) is 0 Å². The zero-order valence-electron chi connectivity index (χ0n) is 13.5. The highest BCUT2D eigenvalue weighted by atomic mass is 127. The molecule has 0 aromatic carbocycles. The van der Waals surface area contributed by atoms with Gasteiger partial charge in [-0.15, -0.1) is 11.3 Å². The summed E-state index contributed by atoms with van der Waals surface area (Å²) in [6, 6.07) is 2.18. The molecule has 2 aromatic heterocycles. The van der Waals surface area contributed by atoms with Gasteiger partial charge in [0, 0.05) is 27.3 Å². The van der Waals surface area contributed by atoms with Crippen molar-refractivity contribution in [2.24, 2.45) is 0 Å². The molecule has 3 nitrogen and oxygen atoms in total. The second-order valence-corrected chi connectivity index (χ2v) is 8.70. The van der Waals surface area contributed by atoms with E-state index in [2.05, 4.69) is 75.5 Å². The monoisotopic (exact) mass is 415 g/mol. The van der Waals surface area contributed by atoms with Gasteiger partial charge in [0.15, 0.2) is 5.82 Å². The van der Waals surface area contributed by atoms with Gasteiger partial charge in [0.2, 0.25) is 0 Å². The average Bonchev–Trinajstić information content (AvgIpc) is 2.70. The number of aromatic nitrogens is 2. The van der Waals surface area contributed by atoms with Crippen molar-refractivity contribution in [2.75, 3.05) is 11.9 Å². The fourth-order valence-corrected chi connectivity index (χ4v) is 4.36. The van der Waals surface area contributed by atoms with Crippen LogP contribution in [-0.2, 0) is 5.41 Å². The lowest BCUT2D eigenvalue weighted by Crippen LogP contribution is -2.19. The van der Waals surface area contributed by atoms with Gasteiger partial charge in [-0.2, -0.15) is 0 Å². The summed E-state index contributed by atoms with van der Waals surface area (Å²) < 4.78 is 1.12. The van der Waals surface area contributed by atoms with Crippen molar-refractivity contribution in [1.29, 1.82) is 0 Å². The van der Waals surface area contributed by atoms with Gasteiger partial charge < -0.3 is 5.32 Å². The topological polar surface area (TPSA) is 37.8 Å². The summed E-state index contributed by atoms with van der Waals surface area (Å²) in [5, 5.41) is 3.37. The van der Waals surface area contributed by atoms with E-state index in [-0.39, 0.29) is 5.41 Å². The lowest BCUT2D eigenvalue weighted by molar-refractivity contribution is 0.564. The van der Waals surface area contributed by atoms with Crippen molar-refractivity contribution in [2.45, 2.75) is 47.0 Å². The normalized spacial score (nSPS) is 11.8. The minimum Gasteiger partial charge on any atom is -0.369 e. The Bertz CT molecular complexity index is 656. The summed E-state index contributed by atoms with van der Waals surface area (Å²) in [5.74, 6) is 1.77. The van der Waals surface area contributed by atoms with Crippen LogP contribution < -0.4 is 5.32 Å². The third-order valence-corrected chi connectivity index (χ3v) is 5.18. The van der Waals surface area contributed by atoms with E-state index >= 15 is 0 Å². The minimum atomic E-state index is -0.00262. The summed E-state index contributed by atoms with van der Waals surface area (Å²) in [6.07, 6.45) is 0. The number of rotatable bonds is 3. The highest BCUT2D eigenvalue weighted by Crippen LogP contribution is 2.34. The highest BCUT2D eigenvalue weighted by Gasteiger charge is 2.24. The van der Waals surface area contributed by atoms with Crippen molar-refractivity contribution in [3.63, 3.8) is 0 Å². The molecule has 0 fully saturated rings. The Balaban J connectivity index is 2.67. The van der Waals surface area contributed by atoms with Crippen molar-refractivity contribution >= 4 is 39.7 Å². The Hall–Kier alpha value is -0.690. The Morgan fingerprint density at radius 2 is 1.90 bits per heavy atom. The Kier molecular flexibility index (Phi) is 4.92. The molecule has 0 bridgehead atoms. The molecular weight excluding hydrogens is 393 g/mol. The van der Waals surface area contributed by atoms with Crippen molar-refractivity contribution in [3.8, 4) is 11.4 Å². The van der Waals surface area contributed by atoms with E-state index in [0.717, 1.165) is 33.0 Å². The van der Waals surface area contributed by atoms with Gasteiger partial charge in [0.1, 0.15) is 5.82 Å². The molecule has 1 N–H and O–H groups in total. The molecular formula is C16H22IN3S. The number of nitrogens with zero attached hydrogens (tertiary/aromatic N) is 2. The lowest BCUT2D eigenvalue weighted by Gasteiger charge is -2.22. The minimum absolute atomic E-state index is 0.00262. The van der Waals surface area contributed by atoms with Crippen LogP contribution >= 0.6 is 33.9 Å².